The summed E-state index contributed by atoms with van der Waals surface area (Å²) >= 11 is 0. The molecule has 7 heteroatoms. The van der Waals surface area contributed by atoms with Crippen LogP contribution in [0.2, 0.25) is 0 Å². The number of anilines is 1. The predicted octanol–water partition coefficient (Wildman–Crippen LogP) is 3.51. The van der Waals surface area contributed by atoms with Gasteiger partial charge in [0.05, 0.1) is 18.0 Å². The van der Waals surface area contributed by atoms with Gasteiger partial charge >= 0.3 is 6.18 Å². The Hall–Kier alpha value is -2.10. The molecule has 0 aromatic carbocycles. The van der Waals surface area contributed by atoms with Gasteiger partial charge in [0.2, 0.25) is 5.91 Å². The summed E-state index contributed by atoms with van der Waals surface area (Å²) in [5.74, 6) is -0.466. The van der Waals surface area contributed by atoms with E-state index < -0.39 is 23.2 Å². The second-order valence-corrected chi connectivity index (χ2v) is 5.14. The molecule has 2 rings (SSSR count). The van der Waals surface area contributed by atoms with Crippen LogP contribution in [0.4, 0.5) is 18.9 Å². The third-order valence-electron chi connectivity index (χ3n) is 3.67. The average molecular weight is 297 g/mol. The number of nitrogens with one attached hydrogen (secondary N) is 1. The van der Waals surface area contributed by atoms with Crippen LogP contribution in [0.3, 0.4) is 0 Å². The van der Waals surface area contributed by atoms with Crippen LogP contribution in [0.25, 0.3) is 0 Å². The van der Waals surface area contributed by atoms with E-state index in [4.69, 9.17) is 0 Å². The van der Waals surface area contributed by atoms with E-state index >= 15 is 0 Å². The number of carbonyl (C=O) groups is 1. The smallest absolute Gasteiger partial charge is 0.323 e. The predicted molar refractivity (Wildman–Crippen MR) is 69.0 cm³/mol. The Morgan fingerprint density at radius 1 is 1.29 bits per heavy atom. The highest BCUT2D eigenvalue weighted by Crippen LogP contribution is 2.37. The molecule has 0 aliphatic heterocycles. The molecule has 0 bridgehead atoms. The number of rotatable bonds is 2. The summed E-state index contributed by atoms with van der Waals surface area (Å²) in [6.45, 7) is 0. The Balaban J connectivity index is 2.11. The van der Waals surface area contributed by atoms with Gasteiger partial charge in [-0.25, -0.2) is 4.98 Å². The number of hydrogen-bond acceptors (Lipinski definition) is 3. The normalized spacial score (nSPS) is 17.8. The first-order valence-electron chi connectivity index (χ1n) is 6.63. The zero-order valence-corrected chi connectivity index (χ0v) is 11.2. The molecule has 0 spiro atoms. The lowest BCUT2D eigenvalue weighted by Crippen LogP contribution is -2.36. The highest BCUT2D eigenvalue weighted by atomic mass is 19.4. The molecule has 0 saturated heterocycles. The van der Waals surface area contributed by atoms with E-state index in [1.165, 1.54) is 0 Å². The zero-order chi connectivity index (χ0) is 15.5. The molecule has 1 saturated carbocycles. The van der Waals surface area contributed by atoms with Gasteiger partial charge in [-0.2, -0.15) is 18.4 Å². The summed E-state index contributed by atoms with van der Waals surface area (Å²) in [6.07, 6.45) is -0.0295. The molecule has 0 atom stereocenters. The van der Waals surface area contributed by atoms with Crippen LogP contribution in [0.1, 0.15) is 37.8 Å². The number of carbonyl (C=O) groups excluding carboxylic acids is 1. The fourth-order valence-electron chi connectivity index (χ4n) is 2.43. The number of nitriles is 1. The lowest BCUT2D eigenvalue weighted by molar-refractivity contribution is -0.141. The maximum atomic E-state index is 12.4. The molecule has 1 aromatic heterocycles. The van der Waals surface area contributed by atoms with Gasteiger partial charge < -0.3 is 5.32 Å². The van der Waals surface area contributed by atoms with Gasteiger partial charge in [0.15, 0.2) is 0 Å². The minimum absolute atomic E-state index is 0.160. The second-order valence-electron chi connectivity index (χ2n) is 5.14. The van der Waals surface area contributed by atoms with Gasteiger partial charge in [0.1, 0.15) is 11.1 Å². The van der Waals surface area contributed by atoms with Crippen molar-refractivity contribution in [1.82, 2.24) is 4.98 Å². The van der Waals surface area contributed by atoms with Crippen molar-refractivity contribution in [3.63, 3.8) is 0 Å². The van der Waals surface area contributed by atoms with E-state index in [1.54, 1.807) is 0 Å². The van der Waals surface area contributed by atoms with E-state index in [9.17, 15) is 23.2 Å². The van der Waals surface area contributed by atoms with Crippen LogP contribution >= 0.6 is 0 Å². The standard InChI is InChI=1S/C14H14F3N3O/c15-14(16,17)11-5-4-10(8-19-11)20-12(21)13(9-18)6-2-1-3-7-13/h4-5,8H,1-3,6-7H2,(H,20,21). The summed E-state index contributed by atoms with van der Waals surface area (Å²) in [7, 11) is 0. The van der Waals surface area contributed by atoms with Crippen molar-refractivity contribution >= 4 is 11.6 Å². The third kappa shape index (κ3) is 3.32. The second kappa shape index (κ2) is 5.72. The number of hydrogen-bond donors (Lipinski definition) is 1. The van der Waals surface area contributed by atoms with Crippen molar-refractivity contribution < 1.29 is 18.0 Å². The monoisotopic (exact) mass is 297 g/mol. The van der Waals surface area contributed by atoms with Gasteiger partial charge in [-0.3, -0.25) is 4.79 Å². The summed E-state index contributed by atoms with van der Waals surface area (Å²) in [4.78, 5) is 15.5. The summed E-state index contributed by atoms with van der Waals surface area (Å²) in [5, 5.41) is 11.8. The number of amides is 1. The maximum Gasteiger partial charge on any atom is 0.433 e. The molecular formula is C14H14F3N3O. The van der Waals surface area contributed by atoms with Crippen molar-refractivity contribution in [1.29, 1.82) is 5.26 Å². The molecule has 1 fully saturated rings. The first-order valence-corrected chi connectivity index (χ1v) is 6.63. The van der Waals surface area contributed by atoms with Crippen molar-refractivity contribution in [2.24, 2.45) is 5.41 Å². The van der Waals surface area contributed by atoms with E-state index in [2.05, 4.69) is 16.4 Å². The van der Waals surface area contributed by atoms with Crippen molar-refractivity contribution in [3.8, 4) is 6.07 Å². The number of halogens is 3. The van der Waals surface area contributed by atoms with Crippen molar-refractivity contribution in [2.75, 3.05) is 5.32 Å². The SMILES string of the molecule is N#CC1(C(=O)Nc2ccc(C(F)(F)F)nc2)CCCCC1. The molecule has 1 aliphatic carbocycles. The minimum Gasteiger partial charge on any atom is -0.323 e. The van der Waals surface area contributed by atoms with Crippen LogP contribution in [-0.4, -0.2) is 10.9 Å². The Kier molecular flexibility index (Phi) is 4.16. The van der Waals surface area contributed by atoms with Crippen molar-refractivity contribution in [3.05, 3.63) is 24.0 Å². The summed E-state index contributed by atoms with van der Waals surface area (Å²) < 4.78 is 37.2. The Labute approximate surface area is 120 Å². The van der Waals surface area contributed by atoms with Gasteiger partial charge in [-0.1, -0.05) is 19.3 Å². The average Bonchev–Trinajstić information content (AvgIpc) is 2.47. The fraction of sp³-hybridized carbons (Fsp3) is 0.500. The topological polar surface area (TPSA) is 65.8 Å². The van der Waals surface area contributed by atoms with E-state index in [1.807, 2.05) is 0 Å². The van der Waals surface area contributed by atoms with Crippen LogP contribution in [0.15, 0.2) is 18.3 Å². The molecule has 1 amide bonds. The van der Waals surface area contributed by atoms with Crippen LogP contribution in [0, 0.1) is 16.7 Å². The molecule has 1 aromatic rings. The van der Waals surface area contributed by atoms with Crippen LogP contribution in [0.5, 0.6) is 0 Å². The molecule has 1 aliphatic rings. The lowest BCUT2D eigenvalue weighted by atomic mass is 9.74. The molecule has 1 N–H and O–H groups in total. The Morgan fingerprint density at radius 3 is 2.43 bits per heavy atom. The maximum absolute atomic E-state index is 12.4. The summed E-state index contributed by atoms with van der Waals surface area (Å²) in [5.41, 5.74) is -1.94. The highest BCUT2D eigenvalue weighted by molar-refractivity contribution is 5.97. The van der Waals surface area contributed by atoms with E-state index in [-0.39, 0.29) is 5.69 Å². The first-order chi connectivity index (χ1) is 9.87. The van der Waals surface area contributed by atoms with Gasteiger partial charge in [0.25, 0.3) is 0 Å². The molecule has 1 heterocycles. The molecule has 21 heavy (non-hydrogen) atoms. The summed E-state index contributed by atoms with van der Waals surface area (Å²) in [6, 6.07) is 4.00. The van der Waals surface area contributed by atoms with Crippen LogP contribution in [-0.2, 0) is 11.0 Å². The number of alkyl halides is 3. The molecular weight excluding hydrogens is 283 g/mol. The zero-order valence-electron chi connectivity index (χ0n) is 11.2. The highest BCUT2D eigenvalue weighted by Gasteiger charge is 2.40. The lowest BCUT2D eigenvalue weighted by Gasteiger charge is -2.29. The molecule has 0 unspecified atom stereocenters. The minimum atomic E-state index is -4.51. The largest absolute Gasteiger partial charge is 0.433 e. The number of pyridine rings is 1. The quantitative estimate of drug-likeness (QED) is 0.908. The van der Waals surface area contributed by atoms with Crippen LogP contribution < -0.4 is 5.32 Å². The first kappa shape index (κ1) is 15.3. The molecule has 112 valence electrons. The van der Waals surface area contributed by atoms with Gasteiger partial charge in [-0.15, -0.1) is 0 Å². The van der Waals surface area contributed by atoms with E-state index in [0.29, 0.717) is 12.8 Å². The fourth-order valence-corrected chi connectivity index (χ4v) is 2.43. The molecule has 0 radical (unpaired) electrons. The Morgan fingerprint density at radius 2 is 1.95 bits per heavy atom. The van der Waals surface area contributed by atoms with E-state index in [0.717, 1.165) is 37.6 Å². The number of aromatic nitrogens is 1. The Bertz CT molecular complexity index is 554. The van der Waals surface area contributed by atoms with Gasteiger partial charge in [-0.05, 0) is 25.0 Å². The van der Waals surface area contributed by atoms with Gasteiger partial charge in [0, 0.05) is 0 Å². The number of nitrogens with zero attached hydrogens (tertiary/aromatic N) is 2. The molecule has 4 nitrogen and oxygen atoms in total. The third-order valence-corrected chi connectivity index (χ3v) is 3.67. The van der Waals surface area contributed by atoms with Crippen molar-refractivity contribution in [2.45, 2.75) is 38.3 Å².